The van der Waals surface area contributed by atoms with Crippen LogP contribution in [0.1, 0.15) is 12.0 Å². The molecule has 0 aliphatic heterocycles. The smallest absolute Gasteiger partial charge is 0.328 e. The van der Waals surface area contributed by atoms with Crippen molar-refractivity contribution in [2.75, 3.05) is 7.11 Å². The number of methoxy groups -OCH3 is 1. The van der Waals surface area contributed by atoms with Crippen molar-refractivity contribution in [1.29, 1.82) is 0 Å². The number of carboxylic acid groups (broad SMARTS) is 1. The quantitative estimate of drug-likeness (QED) is 0.493. The Bertz CT molecular complexity index is 543. The SMILES string of the molecule is COC(=O)C(Cc1ccc(O)cc1)NC(=O)[C@@H](N)CC(=O)O. The maximum absolute atomic E-state index is 11.8. The molecule has 1 aromatic carbocycles. The summed E-state index contributed by atoms with van der Waals surface area (Å²) in [5.74, 6) is -2.57. The molecule has 0 fully saturated rings. The highest BCUT2D eigenvalue weighted by atomic mass is 16.5. The van der Waals surface area contributed by atoms with Crippen molar-refractivity contribution >= 4 is 17.8 Å². The zero-order chi connectivity index (χ0) is 16.7. The van der Waals surface area contributed by atoms with E-state index in [1.54, 1.807) is 12.1 Å². The molecule has 5 N–H and O–H groups in total. The number of rotatable bonds is 7. The van der Waals surface area contributed by atoms with Crippen LogP contribution >= 0.6 is 0 Å². The van der Waals surface area contributed by atoms with Gasteiger partial charge in [-0.2, -0.15) is 0 Å². The number of hydrogen-bond donors (Lipinski definition) is 4. The fourth-order valence-corrected chi connectivity index (χ4v) is 1.76. The first-order chi connectivity index (χ1) is 10.3. The molecule has 0 aliphatic carbocycles. The zero-order valence-electron chi connectivity index (χ0n) is 12.0. The standard InChI is InChI=1S/C14H18N2O6/c1-22-14(21)11(6-8-2-4-9(17)5-3-8)16-13(20)10(15)7-12(18)19/h2-5,10-11,17H,6-7,15H2,1H3,(H,16,20)(H,18,19)/t10-,11?/m0/s1. The van der Waals surface area contributed by atoms with E-state index in [4.69, 9.17) is 10.8 Å². The van der Waals surface area contributed by atoms with Gasteiger partial charge < -0.3 is 26.0 Å². The lowest BCUT2D eigenvalue weighted by Crippen LogP contribution is -2.50. The number of carboxylic acids is 1. The summed E-state index contributed by atoms with van der Waals surface area (Å²) < 4.78 is 4.61. The summed E-state index contributed by atoms with van der Waals surface area (Å²) >= 11 is 0. The molecular weight excluding hydrogens is 292 g/mol. The van der Waals surface area contributed by atoms with Gasteiger partial charge in [0, 0.05) is 6.42 Å². The van der Waals surface area contributed by atoms with Crippen LogP contribution in [0, 0.1) is 0 Å². The second-order valence-electron chi connectivity index (χ2n) is 4.66. The molecular formula is C14H18N2O6. The molecule has 0 heterocycles. The molecule has 0 spiro atoms. The minimum Gasteiger partial charge on any atom is -0.508 e. The van der Waals surface area contributed by atoms with E-state index in [-0.39, 0.29) is 12.2 Å². The maximum Gasteiger partial charge on any atom is 0.328 e. The molecule has 0 radical (unpaired) electrons. The van der Waals surface area contributed by atoms with Gasteiger partial charge >= 0.3 is 11.9 Å². The third-order valence-electron chi connectivity index (χ3n) is 2.91. The lowest BCUT2D eigenvalue weighted by atomic mass is 10.0. The number of phenolic OH excluding ortho intramolecular Hbond substituents is 1. The van der Waals surface area contributed by atoms with Crippen LogP contribution < -0.4 is 11.1 Å². The van der Waals surface area contributed by atoms with Gasteiger partial charge in [0.2, 0.25) is 5.91 Å². The topological polar surface area (TPSA) is 139 Å². The van der Waals surface area contributed by atoms with Crippen molar-refractivity contribution < 1.29 is 29.3 Å². The van der Waals surface area contributed by atoms with Crippen molar-refractivity contribution in [1.82, 2.24) is 5.32 Å². The van der Waals surface area contributed by atoms with Crippen LogP contribution in [0.5, 0.6) is 5.75 Å². The summed E-state index contributed by atoms with van der Waals surface area (Å²) in [6.07, 6.45) is -0.419. The largest absolute Gasteiger partial charge is 0.508 e. The Kier molecular flexibility index (Phi) is 6.33. The van der Waals surface area contributed by atoms with Crippen LogP contribution in [0.2, 0.25) is 0 Å². The average molecular weight is 310 g/mol. The Morgan fingerprint density at radius 1 is 1.27 bits per heavy atom. The molecule has 120 valence electrons. The Labute approximate surface area is 126 Å². The first kappa shape index (κ1) is 17.4. The van der Waals surface area contributed by atoms with Crippen LogP contribution in [0.25, 0.3) is 0 Å². The molecule has 22 heavy (non-hydrogen) atoms. The lowest BCUT2D eigenvalue weighted by molar-refractivity contribution is -0.145. The minimum absolute atomic E-state index is 0.0749. The number of ether oxygens (including phenoxy) is 1. The highest BCUT2D eigenvalue weighted by Gasteiger charge is 2.25. The fraction of sp³-hybridized carbons (Fsp3) is 0.357. The van der Waals surface area contributed by atoms with Crippen molar-refractivity contribution in [3.8, 4) is 5.75 Å². The molecule has 1 rings (SSSR count). The van der Waals surface area contributed by atoms with Gasteiger partial charge in [-0.25, -0.2) is 4.79 Å². The Balaban J connectivity index is 2.76. The fourth-order valence-electron chi connectivity index (χ4n) is 1.76. The van der Waals surface area contributed by atoms with Gasteiger partial charge in [-0.05, 0) is 17.7 Å². The number of amides is 1. The monoisotopic (exact) mass is 310 g/mol. The molecule has 2 atom stereocenters. The molecule has 0 aliphatic rings. The molecule has 0 aromatic heterocycles. The average Bonchev–Trinajstić information content (AvgIpc) is 2.47. The highest BCUT2D eigenvalue weighted by Crippen LogP contribution is 2.12. The van der Waals surface area contributed by atoms with E-state index in [1.165, 1.54) is 19.2 Å². The number of phenols is 1. The second-order valence-corrected chi connectivity index (χ2v) is 4.66. The summed E-state index contributed by atoms with van der Waals surface area (Å²) in [7, 11) is 1.18. The molecule has 1 aromatic rings. The number of benzene rings is 1. The molecule has 1 amide bonds. The van der Waals surface area contributed by atoms with Crippen molar-refractivity contribution in [2.24, 2.45) is 5.73 Å². The highest BCUT2D eigenvalue weighted by molar-refractivity contribution is 5.89. The third-order valence-corrected chi connectivity index (χ3v) is 2.91. The van der Waals surface area contributed by atoms with E-state index in [0.717, 1.165) is 0 Å². The van der Waals surface area contributed by atoms with E-state index in [2.05, 4.69) is 10.1 Å². The molecule has 0 saturated heterocycles. The molecule has 8 heteroatoms. The van der Waals surface area contributed by atoms with Crippen LogP contribution in [-0.2, 0) is 25.5 Å². The summed E-state index contributed by atoms with van der Waals surface area (Å²) in [5.41, 5.74) is 6.12. The van der Waals surface area contributed by atoms with Gasteiger partial charge in [0.1, 0.15) is 11.8 Å². The van der Waals surface area contributed by atoms with Crippen molar-refractivity contribution in [3.63, 3.8) is 0 Å². The number of aromatic hydroxyl groups is 1. The maximum atomic E-state index is 11.8. The second kappa shape index (κ2) is 7.99. The third kappa shape index (κ3) is 5.41. The Hall–Kier alpha value is -2.61. The van der Waals surface area contributed by atoms with E-state index < -0.39 is 36.4 Å². The van der Waals surface area contributed by atoms with Crippen LogP contribution in [0.15, 0.2) is 24.3 Å². The van der Waals surface area contributed by atoms with Gasteiger partial charge in [0.15, 0.2) is 0 Å². The van der Waals surface area contributed by atoms with E-state index >= 15 is 0 Å². The number of carbonyl (C=O) groups excluding carboxylic acids is 2. The number of nitrogens with two attached hydrogens (primary N) is 1. The Morgan fingerprint density at radius 2 is 1.86 bits per heavy atom. The van der Waals surface area contributed by atoms with Crippen LogP contribution in [-0.4, -0.2) is 47.3 Å². The number of nitrogens with one attached hydrogen (secondary N) is 1. The van der Waals surface area contributed by atoms with Gasteiger partial charge in [-0.3, -0.25) is 9.59 Å². The zero-order valence-corrected chi connectivity index (χ0v) is 12.0. The molecule has 0 bridgehead atoms. The van der Waals surface area contributed by atoms with Gasteiger partial charge in [-0.15, -0.1) is 0 Å². The molecule has 8 nitrogen and oxygen atoms in total. The number of carbonyl (C=O) groups is 3. The van der Waals surface area contributed by atoms with Gasteiger partial charge in [0.05, 0.1) is 19.6 Å². The first-order valence-electron chi connectivity index (χ1n) is 6.47. The van der Waals surface area contributed by atoms with Gasteiger partial charge in [0.25, 0.3) is 0 Å². The van der Waals surface area contributed by atoms with Crippen LogP contribution in [0.3, 0.4) is 0 Å². The summed E-state index contributed by atoms with van der Waals surface area (Å²) in [6.45, 7) is 0. The summed E-state index contributed by atoms with van der Waals surface area (Å²) in [4.78, 5) is 34.1. The van der Waals surface area contributed by atoms with E-state index in [0.29, 0.717) is 5.56 Å². The predicted octanol–water partition coefficient (Wildman–Crippen LogP) is -0.605. The van der Waals surface area contributed by atoms with Crippen molar-refractivity contribution in [3.05, 3.63) is 29.8 Å². The summed E-state index contributed by atoms with van der Waals surface area (Å²) in [6, 6.07) is 3.82. The van der Waals surface area contributed by atoms with Crippen LogP contribution in [0.4, 0.5) is 0 Å². The van der Waals surface area contributed by atoms with Gasteiger partial charge in [-0.1, -0.05) is 12.1 Å². The lowest BCUT2D eigenvalue weighted by Gasteiger charge is -2.18. The normalized spacial score (nSPS) is 13.0. The molecule has 0 saturated carbocycles. The van der Waals surface area contributed by atoms with Crippen molar-refractivity contribution in [2.45, 2.75) is 24.9 Å². The number of aliphatic carboxylic acids is 1. The predicted molar refractivity (Wildman–Crippen MR) is 76.0 cm³/mol. The first-order valence-corrected chi connectivity index (χ1v) is 6.47. The summed E-state index contributed by atoms with van der Waals surface area (Å²) in [5, 5.41) is 20.2. The van der Waals surface area contributed by atoms with E-state index in [9.17, 15) is 19.5 Å². The Morgan fingerprint density at radius 3 is 2.36 bits per heavy atom. The number of esters is 1. The van der Waals surface area contributed by atoms with E-state index in [1.807, 2.05) is 0 Å². The minimum atomic E-state index is -1.26. The molecule has 1 unspecified atom stereocenters. The number of hydrogen-bond acceptors (Lipinski definition) is 6.